The summed E-state index contributed by atoms with van der Waals surface area (Å²) in [5, 5.41) is 18.4. The van der Waals surface area contributed by atoms with Crippen molar-refractivity contribution in [3.05, 3.63) is 197 Å². The normalized spacial score (nSPS) is 22.5. The maximum Gasteiger partial charge on any atom is 0.110 e. The van der Waals surface area contributed by atoms with Gasteiger partial charge in [0.2, 0.25) is 0 Å². The highest BCUT2D eigenvalue weighted by molar-refractivity contribution is 6.37. The minimum Gasteiger partial charge on any atom is -0.391 e. The Kier molecular flexibility index (Phi) is 17.6. The molecule has 0 bridgehead atoms. The van der Waals surface area contributed by atoms with Crippen LogP contribution < -0.4 is 15.1 Å². The highest BCUT2D eigenvalue weighted by Crippen LogP contribution is 2.48. The molecule has 6 nitrogen and oxygen atoms in total. The summed E-state index contributed by atoms with van der Waals surface area (Å²) in [5.41, 5.74) is 9.77. The molecule has 0 aromatic heterocycles. The van der Waals surface area contributed by atoms with Crippen LogP contribution in [0.15, 0.2) is 133 Å². The first-order valence-electron chi connectivity index (χ1n) is 21.0. The summed E-state index contributed by atoms with van der Waals surface area (Å²) < 4.78 is 5.38. The van der Waals surface area contributed by atoms with Crippen molar-refractivity contribution in [1.29, 1.82) is 0 Å². The predicted molar refractivity (Wildman–Crippen MR) is 277 cm³/mol. The van der Waals surface area contributed by atoms with Gasteiger partial charge in [0.25, 0.3) is 0 Å². The topological polar surface area (TPSA) is 54.5 Å². The Morgan fingerprint density at radius 3 is 1.62 bits per heavy atom. The highest BCUT2D eigenvalue weighted by atomic mass is 35.5. The third-order valence-corrected chi connectivity index (χ3v) is 14.1. The second kappa shape index (κ2) is 22.5. The minimum atomic E-state index is -0.395. The standard InChI is InChI=1S/C25H23Cl3N2O.C16H15Cl3N2.C9H8O.3CH4/c26-18-7-5-16(6-8-18)23-15-29(25-20-4-2-1-3-17(20)13-24(25)31)11-12-30(23)22-10-9-19(27)14-21(22)28;17-12-3-1-11(2-4-12)16-10-20-7-8-21(16)15-6-5-13(18)9-14(15)19;1-2-4-7-6(3-1)5-8-9(7)10-8;;;/h1-10,14,23-25,31H,11-13,15H2;1-6,9,16,20H,7-8,10H2;1-4,8-9H,5H2;3*1H4/t23-,24-,25?;16-;8-,9+;;;/m000.../s1. The number of epoxide rings is 1. The van der Waals surface area contributed by atoms with E-state index in [1.807, 2.05) is 54.6 Å². The van der Waals surface area contributed by atoms with Crippen LogP contribution in [-0.4, -0.2) is 61.5 Å². The van der Waals surface area contributed by atoms with E-state index in [2.05, 4.69) is 86.7 Å². The fourth-order valence-electron chi connectivity index (χ4n) is 9.50. The SMILES string of the molecule is C.C.C.Clc1ccc([C@@H]2CNCCN2c2ccc(Cl)cc2Cl)cc1.O[C@H]1Cc2ccccc2C1N1CCN(c2ccc(Cl)cc2Cl)[C@H](c2ccc(Cl)cc2)C1.c1ccc2c(c1)C[C@@H]1O[C@H]21. The van der Waals surface area contributed by atoms with Crippen molar-refractivity contribution in [2.45, 2.75) is 71.6 Å². The summed E-state index contributed by atoms with van der Waals surface area (Å²) in [6, 6.07) is 44.6. The first-order chi connectivity index (χ1) is 30.1. The number of aliphatic hydroxyl groups is 1. The van der Waals surface area contributed by atoms with Crippen molar-refractivity contribution in [2.75, 3.05) is 49.1 Å². The molecule has 3 heterocycles. The minimum absolute atomic E-state index is 0. The average Bonchev–Trinajstić information content (AvgIpc) is 3.82. The number of hydrogen-bond donors (Lipinski definition) is 2. The molecule has 3 aliphatic heterocycles. The van der Waals surface area contributed by atoms with Gasteiger partial charge in [-0.25, -0.2) is 0 Å². The summed E-state index contributed by atoms with van der Waals surface area (Å²) in [7, 11) is 0. The zero-order valence-corrected chi connectivity index (χ0v) is 38.3. The molecule has 6 aromatic carbocycles. The lowest BCUT2D eigenvalue weighted by Gasteiger charge is -2.46. The number of fused-ring (bicyclic) bond motifs is 4. The van der Waals surface area contributed by atoms with Gasteiger partial charge in [-0.15, -0.1) is 0 Å². The number of rotatable bonds is 5. The van der Waals surface area contributed by atoms with Crippen LogP contribution in [0.4, 0.5) is 11.4 Å². The van der Waals surface area contributed by atoms with Crippen molar-refractivity contribution < 1.29 is 9.84 Å². The smallest absolute Gasteiger partial charge is 0.110 e. The second-order valence-electron chi connectivity index (χ2n) is 16.3. The van der Waals surface area contributed by atoms with Crippen LogP contribution in [0.3, 0.4) is 0 Å². The van der Waals surface area contributed by atoms with Gasteiger partial charge in [0, 0.05) is 72.2 Å². The molecule has 5 aliphatic rings. The van der Waals surface area contributed by atoms with Crippen molar-refractivity contribution in [2.24, 2.45) is 0 Å². The Morgan fingerprint density at radius 2 is 1.05 bits per heavy atom. The molecule has 2 N–H and O–H groups in total. The van der Waals surface area contributed by atoms with Gasteiger partial charge in [0.05, 0.1) is 51.8 Å². The summed E-state index contributed by atoms with van der Waals surface area (Å²) in [5.74, 6) is 0. The molecular formula is C53H58Cl6N4O2. The molecule has 344 valence electrons. The molecular weight excluding hydrogens is 937 g/mol. The largest absolute Gasteiger partial charge is 0.391 e. The van der Waals surface area contributed by atoms with E-state index in [-0.39, 0.29) is 40.4 Å². The van der Waals surface area contributed by atoms with E-state index in [4.69, 9.17) is 74.3 Å². The van der Waals surface area contributed by atoms with Gasteiger partial charge in [-0.2, -0.15) is 0 Å². The van der Waals surface area contributed by atoms with E-state index in [1.165, 1.54) is 33.4 Å². The van der Waals surface area contributed by atoms with Crippen LogP contribution in [0, 0.1) is 0 Å². The number of nitrogens with zero attached hydrogens (tertiary/aromatic N) is 3. The van der Waals surface area contributed by atoms with Crippen molar-refractivity contribution in [1.82, 2.24) is 10.2 Å². The number of halogens is 6. The van der Waals surface area contributed by atoms with Crippen LogP contribution in [0.2, 0.25) is 30.1 Å². The monoisotopic (exact) mass is 992 g/mol. The van der Waals surface area contributed by atoms with Gasteiger partial charge < -0.3 is 25.0 Å². The summed E-state index contributed by atoms with van der Waals surface area (Å²) in [6.07, 6.45) is 2.46. The van der Waals surface area contributed by atoms with Gasteiger partial charge in [0.15, 0.2) is 0 Å². The molecule has 12 heteroatoms. The number of anilines is 2. The van der Waals surface area contributed by atoms with E-state index in [0.29, 0.717) is 43.7 Å². The summed E-state index contributed by atoms with van der Waals surface area (Å²) in [4.78, 5) is 7.07. The van der Waals surface area contributed by atoms with E-state index in [0.717, 1.165) is 62.1 Å². The summed E-state index contributed by atoms with van der Waals surface area (Å²) in [6.45, 7) is 5.11. The van der Waals surface area contributed by atoms with E-state index >= 15 is 0 Å². The molecule has 65 heavy (non-hydrogen) atoms. The number of piperazine rings is 2. The molecule has 1 unspecified atom stereocenters. The molecule has 3 fully saturated rings. The van der Waals surface area contributed by atoms with Gasteiger partial charge in [0.1, 0.15) is 6.10 Å². The molecule has 6 atom stereocenters. The lowest BCUT2D eigenvalue weighted by molar-refractivity contribution is 0.0489. The van der Waals surface area contributed by atoms with Crippen LogP contribution >= 0.6 is 69.6 Å². The van der Waals surface area contributed by atoms with Gasteiger partial charge in [-0.05, 0) is 94.0 Å². The Balaban J connectivity index is 0.000000177. The predicted octanol–water partition coefficient (Wildman–Crippen LogP) is 14.6. The molecule has 0 amide bonds. The number of ether oxygens (including phenoxy) is 1. The Hall–Kier alpha value is -3.50. The maximum atomic E-state index is 10.9. The second-order valence-corrected chi connectivity index (χ2v) is 18.9. The van der Waals surface area contributed by atoms with E-state index in [1.54, 1.807) is 12.1 Å². The van der Waals surface area contributed by atoms with Crippen molar-refractivity contribution in [3.63, 3.8) is 0 Å². The van der Waals surface area contributed by atoms with E-state index < -0.39 is 6.10 Å². The quantitative estimate of drug-likeness (QED) is 0.168. The Labute approximate surface area is 415 Å². The molecule has 2 aliphatic carbocycles. The molecule has 0 spiro atoms. The number of aliphatic hydroxyl groups excluding tert-OH is 1. The lowest BCUT2D eigenvalue weighted by atomic mass is 9.98. The summed E-state index contributed by atoms with van der Waals surface area (Å²) >= 11 is 37.3. The number of nitrogens with one attached hydrogen (secondary N) is 1. The third kappa shape index (κ3) is 11.4. The van der Waals surface area contributed by atoms with Crippen LogP contribution in [0.1, 0.15) is 79.9 Å². The molecule has 3 saturated heterocycles. The number of hydrogen-bond acceptors (Lipinski definition) is 6. The fourth-order valence-corrected chi connectivity index (χ4v) is 10.8. The first kappa shape index (κ1) is 50.9. The van der Waals surface area contributed by atoms with Crippen LogP contribution in [0.5, 0.6) is 0 Å². The van der Waals surface area contributed by atoms with Gasteiger partial charge in [-0.3, -0.25) is 4.90 Å². The molecule has 6 aromatic rings. The van der Waals surface area contributed by atoms with Crippen LogP contribution in [0.25, 0.3) is 0 Å². The highest BCUT2D eigenvalue weighted by Gasteiger charge is 2.46. The Bertz CT molecular complexity index is 2510. The van der Waals surface area contributed by atoms with Gasteiger partial charge in [-0.1, -0.05) is 165 Å². The van der Waals surface area contributed by atoms with Crippen molar-refractivity contribution >= 4 is 81.0 Å². The molecule has 11 rings (SSSR count). The first-order valence-corrected chi connectivity index (χ1v) is 23.3. The fraction of sp³-hybridized carbons (Fsp3) is 0.321. The van der Waals surface area contributed by atoms with Gasteiger partial charge >= 0.3 is 0 Å². The zero-order chi connectivity index (χ0) is 42.9. The zero-order valence-electron chi connectivity index (χ0n) is 33.8. The lowest BCUT2D eigenvalue weighted by Crippen LogP contribution is -2.51. The molecule has 0 radical (unpaired) electrons. The van der Waals surface area contributed by atoms with Crippen LogP contribution in [-0.2, 0) is 17.6 Å². The number of benzene rings is 6. The maximum absolute atomic E-state index is 10.9. The molecule has 0 saturated carbocycles. The van der Waals surface area contributed by atoms with E-state index in [9.17, 15) is 5.11 Å². The Morgan fingerprint density at radius 1 is 0.538 bits per heavy atom. The average molecular weight is 996 g/mol. The third-order valence-electron chi connectivity index (χ3n) is 12.5. The van der Waals surface area contributed by atoms with Crippen molar-refractivity contribution in [3.8, 4) is 0 Å².